The number of nitrogens with one attached hydrogen (secondary N) is 1. The van der Waals surface area contributed by atoms with Crippen molar-refractivity contribution in [3.8, 4) is 11.1 Å². The number of amides is 2. The van der Waals surface area contributed by atoms with Gasteiger partial charge in [-0.15, -0.1) is 0 Å². The van der Waals surface area contributed by atoms with Gasteiger partial charge >= 0.3 is 0 Å². The fraction of sp³-hybridized carbons (Fsp3) is 0.280. The number of piperidine rings is 1. The molecular weight excluding hydrogens is 444 g/mol. The van der Waals surface area contributed by atoms with Gasteiger partial charge in [0.05, 0.1) is 29.5 Å². The third kappa shape index (κ3) is 4.73. The number of aryl methyl sites for hydroxylation is 1. The number of rotatable bonds is 5. The van der Waals surface area contributed by atoms with E-state index in [1.165, 1.54) is 6.20 Å². The first-order chi connectivity index (χ1) is 16.9. The molecule has 35 heavy (non-hydrogen) atoms. The van der Waals surface area contributed by atoms with Gasteiger partial charge in [0.15, 0.2) is 0 Å². The zero-order chi connectivity index (χ0) is 24.5. The van der Waals surface area contributed by atoms with E-state index in [2.05, 4.69) is 48.2 Å². The molecule has 5 heterocycles. The van der Waals surface area contributed by atoms with Crippen molar-refractivity contribution in [2.45, 2.75) is 25.8 Å². The van der Waals surface area contributed by atoms with Crippen molar-refractivity contribution in [2.75, 3.05) is 25.5 Å². The van der Waals surface area contributed by atoms with Crippen LogP contribution in [0, 0.1) is 6.92 Å². The van der Waals surface area contributed by atoms with E-state index in [4.69, 9.17) is 5.73 Å². The van der Waals surface area contributed by atoms with E-state index in [-0.39, 0.29) is 11.6 Å². The summed E-state index contributed by atoms with van der Waals surface area (Å²) in [6.45, 7) is 3.83. The molecule has 4 aromatic heterocycles. The number of carbonyl (C=O) groups is 2. The first kappa shape index (κ1) is 22.6. The Labute approximate surface area is 202 Å². The van der Waals surface area contributed by atoms with Crippen molar-refractivity contribution in [3.05, 3.63) is 66.0 Å². The summed E-state index contributed by atoms with van der Waals surface area (Å²) in [5.74, 6) is -0.627. The normalized spacial score (nSPS) is 14.8. The molecule has 178 valence electrons. The molecule has 2 amide bonds. The molecule has 1 aliphatic rings. The Hall–Kier alpha value is -4.18. The van der Waals surface area contributed by atoms with Crippen molar-refractivity contribution < 1.29 is 9.59 Å². The molecule has 0 saturated carbocycles. The SMILES string of the molecule is Cc1cc(C(=O)Nc2cc3cc(-c4cnn(C5CCN(C)CC5)c4)cnc3cn2)cnc1C(N)=O. The number of aromatic nitrogens is 5. The van der Waals surface area contributed by atoms with E-state index in [9.17, 15) is 9.59 Å². The monoisotopic (exact) mass is 470 g/mol. The summed E-state index contributed by atoms with van der Waals surface area (Å²) in [6, 6.07) is 5.78. The van der Waals surface area contributed by atoms with Gasteiger partial charge < -0.3 is 16.0 Å². The summed E-state index contributed by atoms with van der Waals surface area (Å²) in [4.78, 5) is 39.3. The highest BCUT2D eigenvalue weighted by Crippen LogP contribution is 2.27. The van der Waals surface area contributed by atoms with Gasteiger partial charge in [-0.3, -0.25) is 19.3 Å². The Morgan fingerprint density at radius 1 is 1.00 bits per heavy atom. The average Bonchev–Trinajstić information content (AvgIpc) is 3.34. The highest BCUT2D eigenvalue weighted by Gasteiger charge is 2.19. The van der Waals surface area contributed by atoms with Crippen molar-refractivity contribution in [1.29, 1.82) is 0 Å². The Balaban J connectivity index is 1.35. The highest BCUT2D eigenvalue weighted by molar-refractivity contribution is 6.05. The first-order valence-corrected chi connectivity index (χ1v) is 11.4. The number of anilines is 1. The smallest absolute Gasteiger partial charge is 0.267 e. The number of likely N-dealkylation sites (tertiary alicyclic amines) is 1. The third-order valence-corrected chi connectivity index (χ3v) is 6.38. The minimum atomic E-state index is -0.633. The topological polar surface area (TPSA) is 132 Å². The molecule has 4 aromatic rings. The fourth-order valence-corrected chi connectivity index (χ4v) is 4.35. The number of nitrogens with two attached hydrogens (primary N) is 1. The van der Waals surface area contributed by atoms with E-state index in [1.54, 1.807) is 25.3 Å². The van der Waals surface area contributed by atoms with Gasteiger partial charge in [-0.05, 0) is 63.7 Å². The minimum Gasteiger partial charge on any atom is -0.364 e. The molecule has 0 aliphatic carbocycles. The van der Waals surface area contributed by atoms with Crippen LogP contribution in [0.3, 0.4) is 0 Å². The Kier molecular flexibility index (Phi) is 5.96. The van der Waals surface area contributed by atoms with Gasteiger partial charge in [0.1, 0.15) is 11.5 Å². The second-order valence-electron chi connectivity index (χ2n) is 8.94. The van der Waals surface area contributed by atoms with E-state index in [0.29, 0.717) is 23.0 Å². The molecule has 1 aliphatic heterocycles. The van der Waals surface area contributed by atoms with Crippen molar-refractivity contribution in [2.24, 2.45) is 5.73 Å². The summed E-state index contributed by atoms with van der Waals surface area (Å²) >= 11 is 0. The maximum Gasteiger partial charge on any atom is 0.267 e. The van der Waals surface area contributed by atoms with Crippen molar-refractivity contribution in [3.63, 3.8) is 0 Å². The van der Waals surface area contributed by atoms with Crippen LogP contribution in [0.25, 0.3) is 22.0 Å². The molecule has 0 unspecified atom stereocenters. The quantitative estimate of drug-likeness (QED) is 0.458. The average molecular weight is 471 g/mol. The lowest BCUT2D eigenvalue weighted by Gasteiger charge is -2.28. The number of primary amides is 1. The second-order valence-corrected chi connectivity index (χ2v) is 8.94. The zero-order valence-electron chi connectivity index (χ0n) is 19.6. The van der Waals surface area contributed by atoms with Crippen LogP contribution < -0.4 is 11.1 Å². The van der Waals surface area contributed by atoms with Crippen LogP contribution in [0.2, 0.25) is 0 Å². The van der Waals surface area contributed by atoms with Crippen molar-refractivity contribution in [1.82, 2.24) is 29.6 Å². The van der Waals surface area contributed by atoms with Crippen LogP contribution in [0.5, 0.6) is 0 Å². The van der Waals surface area contributed by atoms with E-state index in [0.717, 1.165) is 48.0 Å². The third-order valence-electron chi connectivity index (χ3n) is 6.38. The van der Waals surface area contributed by atoms with Crippen LogP contribution >= 0.6 is 0 Å². The lowest BCUT2D eigenvalue weighted by Crippen LogP contribution is -2.31. The van der Waals surface area contributed by atoms with Gasteiger partial charge in [-0.2, -0.15) is 5.10 Å². The van der Waals surface area contributed by atoms with Crippen LogP contribution in [0.1, 0.15) is 45.3 Å². The Morgan fingerprint density at radius 2 is 1.80 bits per heavy atom. The maximum absolute atomic E-state index is 12.7. The molecule has 5 rings (SSSR count). The summed E-state index contributed by atoms with van der Waals surface area (Å²) in [5, 5.41) is 8.23. The van der Waals surface area contributed by atoms with Gasteiger partial charge in [0, 0.05) is 35.1 Å². The molecule has 3 N–H and O–H groups in total. The number of fused-ring (bicyclic) bond motifs is 1. The van der Waals surface area contributed by atoms with Crippen LogP contribution in [0.4, 0.5) is 5.82 Å². The zero-order valence-corrected chi connectivity index (χ0v) is 19.6. The number of pyridine rings is 3. The molecule has 1 fully saturated rings. The molecular formula is C25H26N8O2. The van der Waals surface area contributed by atoms with E-state index < -0.39 is 5.91 Å². The summed E-state index contributed by atoms with van der Waals surface area (Å²) in [5.41, 5.74) is 8.94. The molecule has 0 spiro atoms. The van der Waals surface area contributed by atoms with Crippen molar-refractivity contribution >= 4 is 28.5 Å². The summed E-state index contributed by atoms with van der Waals surface area (Å²) < 4.78 is 2.06. The van der Waals surface area contributed by atoms with Gasteiger partial charge in [0.25, 0.3) is 11.8 Å². The highest BCUT2D eigenvalue weighted by atomic mass is 16.2. The van der Waals surface area contributed by atoms with Gasteiger partial charge in [0.2, 0.25) is 0 Å². The lowest BCUT2D eigenvalue weighted by molar-refractivity contribution is 0.0989. The van der Waals surface area contributed by atoms with E-state index in [1.807, 2.05) is 18.5 Å². The summed E-state index contributed by atoms with van der Waals surface area (Å²) in [6.07, 6.45) is 10.9. The number of nitrogens with zero attached hydrogens (tertiary/aromatic N) is 6. The van der Waals surface area contributed by atoms with Crippen LogP contribution in [-0.2, 0) is 0 Å². The Morgan fingerprint density at radius 3 is 2.54 bits per heavy atom. The van der Waals surface area contributed by atoms with Crippen LogP contribution in [-0.4, -0.2) is 61.6 Å². The summed E-state index contributed by atoms with van der Waals surface area (Å²) in [7, 11) is 2.15. The van der Waals surface area contributed by atoms with Gasteiger partial charge in [-0.25, -0.2) is 9.97 Å². The Bertz CT molecular complexity index is 1420. The lowest BCUT2D eigenvalue weighted by atomic mass is 10.1. The maximum atomic E-state index is 12.7. The number of hydrogen-bond donors (Lipinski definition) is 2. The molecule has 10 nitrogen and oxygen atoms in total. The second kappa shape index (κ2) is 9.22. The molecule has 0 bridgehead atoms. The predicted molar refractivity (Wildman–Crippen MR) is 132 cm³/mol. The minimum absolute atomic E-state index is 0.142. The standard InChI is InChI=1S/C25H26N8O2/c1-15-7-18(11-29-23(15)24(26)34)25(35)31-22-9-16-8-17(10-27-21(16)13-28-22)19-12-30-33(14-19)20-3-5-32(2)6-4-20/h7-14,20H,3-6H2,1-2H3,(H2,26,34)(H,28,31,35). The molecule has 1 saturated heterocycles. The van der Waals surface area contributed by atoms with Crippen LogP contribution in [0.15, 0.2) is 49.2 Å². The molecule has 10 heteroatoms. The van der Waals surface area contributed by atoms with E-state index >= 15 is 0 Å². The fourth-order valence-electron chi connectivity index (χ4n) is 4.35. The largest absolute Gasteiger partial charge is 0.364 e. The predicted octanol–water partition coefficient (Wildman–Crippen LogP) is 2.81. The molecule has 0 aromatic carbocycles. The number of carbonyl (C=O) groups excluding carboxylic acids is 2. The molecule has 0 atom stereocenters. The molecule has 0 radical (unpaired) electrons. The number of hydrogen-bond acceptors (Lipinski definition) is 7. The first-order valence-electron chi connectivity index (χ1n) is 11.4. The van der Waals surface area contributed by atoms with Gasteiger partial charge in [-0.1, -0.05) is 0 Å².